The minimum Gasteiger partial charge on any atom is -0.494 e. The number of hydrogen-bond acceptors (Lipinski definition) is 3. The van der Waals surface area contributed by atoms with Gasteiger partial charge in [0.2, 0.25) is 0 Å². The van der Waals surface area contributed by atoms with Gasteiger partial charge in [0.05, 0.1) is 6.61 Å². The molecule has 0 fully saturated rings. The van der Waals surface area contributed by atoms with Gasteiger partial charge in [-0.15, -0.1) is 0 Å². The molecule has 0 atom stereocenters. The fourth-order valence-electron chi connectivity index (χ4n) is 3.14. The van der Waals surface area contributed by atoms with Gasteiger partial charge in [0.25, 0.3) is 0 Å². The maximum Gasteiger partial charge on any atom is 0.150 e. The Bertz CT molecular complexity index is 842. The van der Waals surface area contributed by atoms with Crippen molar-refractivity contribution in [3.05, 3.63) is 84.4 Å². The summed E-state index contributed by atoms with van der Waals surface area (Å²) in [6, 6.07) is 26.0. The van der Waals surface area contributed by atoms with Crippen LogP contribution in [0.2, 0.25) is 0 Å². The maximum absolute atomic E-state index is 11.0. The van der Waals surface area contributed by atoms with Crippen LogP contribution in [-0.4, -0.2) is 12.9 Å². The van der Waals surface area contributed by atoms with Crippen LogP contribution in [0.1, 0.15) is 43.0 Å². The van der Waals surface area contributed by atoms with Crippen molar-refractivity contribution < 1.29 is 9.53 Å². The van der Waals surface area contributed by atoms with Crippen LogP contribution < -0.4 is 9.64 Å². The van der Waals surface area contributed by atoms with Gasteiger partial charge >= 0.3 is 0 Å². The lowest BCUT2D eigenvalue weighted by atomic mass is 10.1. The normalized spacial score (nSPS) is 10.5. The van der Waals surface area contributed by atoms with Crippen LogP contribution >= 0.6 is 0 Å². The first kappa shape index (κ1) is 19.7. The average Bonchev–Trinajstić information content (AvgIpc) is 2.76. The second kappa shape index (κ2) is 10.3. The smallest absolute Gasteiger partial charge is 0.150 e. The summed E-state index contributed by atoms with van der Waals surface area (Å²) < 4.78 is 5.87. The molecule has 0 amide bonds. The molecule has 0 saturated heterocycles. The summed E-state index contributed by atoms with van der Waals surface area (Å²) in [6.45, 7) is 2.97. The SMILES string of the molecule is CCCCCCOc1ccc(N(c2ccccc2)c2ccc(C=O)cc2)cc1. The molecule has 3 rings (SSSR count). The van der Waals surface area contributed by atoms with E-state index in [1.807, 2.05) is 54.6 Å². The highest BCUT2D eigenvalue weighted by Gasteiger charge is 2.12. The first-order chi connectivity index (χ1) is 13.8. The predicted octanol–water partition coefficient (Wildman–Crippen LogP) is 6.93. The Morgan fingerprint density at radius 3 is 1.96 bits per heavy atom. The number of hydrogen-bond donors (Lipinski definition) is 0. The van der Waals surface area contributed by atoms with E-state index in [4.69, 9.17) is 4.74 Å². The van der Waals surface area contributed by atoms with Crippen LogP contribution in [0.4, 0.5) is 17.1 Å². The summed E-state index contributed by atoms with van der Waals surface area (Å²) in [7, 11) is 0. The lowest BCUT2D eigenvalue weighted by molar-refractivity contribution is 0.112. The zero-order valence-electron chi connectivity index (χ0n) is 16.4. The van der Waals surface area contributed by atoms with Crippen molar-refractivity contribution in [2.45, 2.75) is 32.6 Å². The molecule has 0 aliphatic carbocycles. The number of unbranched alkanes of at least 4 members (excludes halogenated alkanes) is 3. The molecular weight excluding hydrogens is 346 g/mol. The van der Waals surface area contributed by atoms with Crippen LogP contribution in [0.5, 0.6) is 5.75 Å². The van der Waals surface area contributed by atoms with Gasteiger partial charge in [-0.2, -0.15) is 0 Å². The van der Waals surface area contributed by atoms with E-state index in [0.29, 0.717) is 5.56 Å². The number of ether oxygens (including phenoxy) is 1. The molecule has 0 N–H and O–H groups in total. The van der Waals surface area contributed by atoms with E-state index in [1.165, 1.54) is 19.3 Å². The Morgan fingerprint density at radius 1 is 0.750 bits per heavy atom. The molecule has 0 saturated carbocycles. The Balaban J connectivity index is 1.79. The van der Waals surface area contributed by atoms with E-state index >= 15 is 0 Å². The van der Waals surface area contributed by atoms with Crippen molar-refractivity contribution >= 4 is 23.3 Å². The average molecular weight is 373 g/mol. The monoisotopic (exact) mass is 373 g/mol. The quantitative estimate of drug-likeness (QED) is 0.285. The van der Waals surface area contributed by atoms with Crippen LogP contribution in [0.25, 0.3) is 0 Å². The van der Waals surface area contributed by atoms with Gasteiger partial charge in [-0.1, -0.05) is 44.4 Å². The van der Waals surface area contributed by atoms with Gasteiger partial charge in [0, 0.05) is 22.6 Å². The third-order valence-corrected chi connectivity index (χ3v) is 4.66. The standard InChI is InChI=1S/C25H27NO2/c1-2-3-4-8-19-28-25-17-15-24(16-18-25)26(22-9-6-5-7-10-22)23-13-11-21(20-27)12-14-23/h5-7,9-18,20H,2-4,8,19H2,1H3. The molecule has 0 aliphatic heterocycles. The number of benzene rings is 3. The first-order valence-electron chi connectivity index (χ1n) is 9.95. The van der Waals surface area contributed by atoms with Crippen molar-refractivity contribution in [3.8, 4) is 5.75 Å². The number of nitrogens with zero attached hydrogens (tertiary/aromatic N) is 1. The van der Waals surface area contributed by atoms with Crippen LogP contribution in [0.15, 0.2) is 78.9 Å². The third-order valence-electron chi connectivity index (χ3n) is 4.66. The highest BCUT2D eigenvalue weighted by Crippen LogP contribution is 2.35. The molecule has 3 aromatic rings. The van der Waals surface area contributed by atoms with Crippen molar-refractivity contribution in [3.63, 3.8) is 0 Å². The Kier molecular flexibility index (Phi) is 7.25. The minimum absolute atomic E-state index is 0.670. The van der Waals surface area contributed by atoms with E-state index in [1.54, 1.807) is 0 Å². The van der Waals surface area contributed by atoms with Crippen molar-refractivity contribution in [2.75, 3.05) is 11.5 Å². The van der Waals surface area contributed by atoms with Gasteiger partial charge in [0.1, 0.15) is 12.0 Å². The molecule has 28 heavy (non-hydrogen) atoms. The highest BCUT2D eigenvalue weighted by molar-refractivity contribution is 5.80. The molecule has 0 unspecified atom stereocenters. The highest BCUT2D eigenvalue weighted by atomic mass is 16.5. The number of para-hydroxylation sites is 1. The molecule has 0 spiro atoms. The lowest BCUT2D eigenvalue weighted by Crippen LogP contribution is -2.09. The summed E-state index contributed by atoms with van der Waals surface area (Å²) in [5.41, 5.74) is 3.78. The number of carbonyl (C=O) groups is 1. The minimum atomic E-state index is 0.670. The Morgan fingerprint density at radius 2 is 1.36 bits per heavy atom. The molecule has 3 aromatic carbocycles. The molecule has 0 aromatic heterocycles. The molecule has 0 radical (unpaired) electrons. The molecule has 3 nitrogen and oxygen atoms in total. The number of anilines is 3. The van der Waals surface area contributed by atoms with E-state index in [2.05, 4.69) is 36.1 Å². The summed E-state index contributed by atoms with van der Waals surface area (Å²) >= 11 is 0. The van der Waals surface area contributed by atoms with Gasteiger partial charge < -0.3 is 9.64 Å². The van der Waals surface area contributed by atoms with Gasteiger partial charge in [0.15, 0.2) is 0 Å². The zero-order chi connectivity index (χ0) is 19.6. The second-order valence-electron chi connectivity index (χ2n) is 6.78. The molecule has 0 aliphatic rings. The van der Waals surface area contributed by atoms with Crippen LogP contribution in [0, 0.1) is 0 Å². The fourth-order valence-corrected chi connectivity index (χ4v) is 3.14. The Hall–Kier alpha value is -3.07. The third kappa shape index (κ3) is 5.23. The first-order valence-corrected chi connectivity index (χ1v) is 9.95. The van der Waals surface area contributed by atoms with E-state index < -0.39 is 0 Å². The van der Waals surface area contributed by atoms with Gasteiger partial charge in [-0.3, -0.25) is 4.79 Å². The number of rotatable bonds is 10. The predicted molar refractivity (Wildman–Crippen MR) is 116 cm³/mol. The van der Waals surface area contributed by atoms with E-state index in [0.717, 1.165) is 42.1 Å². The molecule has 3 heteroatoms. The van der Waals surface area contributed by atoms with E-state index in [-0.39, 0.29) is 0 Å². The van der Waals surface area contributed by atoms with Crippen LogP contribution in [-0.2, 0) is 0 Å². The van der Waals surface area contributed by atoms with Crippen LogP contribution in [0.3, 0.4) is 0 Å². The summed E-state index contributed by atoms with van der Waals surface area (Å²) in [5.74, 6) is 0.893. The van der Waals surface area contributed by atoms with Crippen molar-refractivity contribution in [2.24, 2.45) is 0 Å². The maximum atomic E-state index is 11.0. The fraction of sp³-hybridized carbons (Fsp3) is 0.240. The zero-order valence-corrected chi connectivity index (χ0v) is 16.4. The molecule has 0 bridgehead atoms. The molecule has 0 heterocycles. The largest absolute Gasteiger partial charge is 0.494 e. The topological polar surface area (TPSA) is 29.5 Å². The molecular formula is C25H27NO2. The summed E-state index contributed by atoms with van der Waals surface area (Å²) in [5, 5.41) is 0. The molecule has 144 valence electrons. The Labute approximate surface area is 167 Å². The van der Waals surface area contributed by atoms with Crippen molar-refractivity contribution in [1.29, 1.82) is 0 Å². The second-order valence-corrected chi connectivity index (χ2v) is 6.78. The van der Waals surface area contributed by atoms with E-state index in [9.17, 15) is 4.79 Å². The number of carbonyl (C=O) groups excluding carboxylic acids is 1. The summed E-state index contributed by atoms with van der Waals surface area (Å²) in [4.78, 5) is 13.1. The van der Waals surface area contributed by atoms with Gasteiger partial charge in [-0.05, 0) is 67.1 Å². The lowest BCUT2D eigenvalue weighted by Gasteiger charge is -2.25. The summed E-state index contributed by atoms with van der Waals surface area (Å²) in [6.07, 6.45) is 5.67. The number of aldehydes is 1. The van der Waals surface area contributed by atoms with Crippen molar-refractivity contribution in [1.82, 2.24) is 0 Å². The van der Waals surface area contributed by atoms with Gasteiger partial charge in [-0.25, -0.2) is 0 Å².